The van der Waals surface area contributed by atoms with E-state index < -0.39 is 0 Å². The van der Waals surface area contributed by atoms with Crippen LogP contribution in [0.15, 0.2) is 0 Å². The summed E-state index contributed by atoms with van der Waals surface area (Å²) < 4.78 is 5.45. The minimum absolute atomic E-state index is 0.632. The Bertz CT molecular complexity index is 129. The molecule has 3 heteroatoms. The summed E-state index contributed by atoms with van der Waals surface area (Å²) >= 11 is 0. The lowest BCUT2D eigenvalue weighted by atomic mass is 10.3. The molecule has 0 fully saturated rings. The summed E-state index contributed by atoms with van der Waals surface area (Å²) in [4.78, 5) is 2.34. The molecule has 0 aromatic rings. The van der Waals surface area contributed by atoms with Gasteiger partial charge in [0.05, 0.1) is 6.61 Å². The summed E-state index contributed by atoms with van der Waals surface area (Å²) in [6.07, 6.45) is 2.39. The van der Waals surface area contributed by atoms with Crippen LogP contribution >= 0.6 is 0 Å². The van der Waals surface area contributed by atoms with E-state index in [9.17, 15) is 0 Å². The maximum Gasteiger partial charge on any atom is 0.0590 e. The van der Waals surface area contributed by atoms with Gasteiger partial charge in [-0.3, -0.25) is 0 Å². The highest BCUT2D eigenvalue weighted by molar-refractivity contribution is 4.58. The number of hydrogen-bond acceptors (Lipinski definition) is 3. The molecule has 0 atom stereocenters. The molecule has 0 aliphatic rings. The lowest BCUT2D eigenvalue weighted by Crippen LogP contribution is -2.34. The highest BCUT2D eigenvalue weighted by atomic mass is 16.5. The Morgan fingerprint density at radius 2 is 1.93 bits per heavy atom. The van der Waals surface area contributed by atoms with E-state index in [-0.39, 0.29) is 0 Å². The van der Waals surface area contributed by atoms with Gasteiger partial charge >= 0.3 is 0 Å². The highest BCUT2D eigenvalue weighted by Crippen LogP contribution is 1.90. The minimum Gasteiger partial charge on any atom is -0.380 e. The Morgan fingerprint density at radius 3 is 2.53 bits per heavy atom. The maximum absolute atomic E-state index is 5.45. The summed E-state index contributed by atoms with van der Waals surface area (Å²) in [7, 11) is 2.16. The van der Waals surface area contributed by atoms with Crippen molar-refractivity contribution in [2.45, 2.75) is 39.7 Å². The number of rotatable bonds is 10. The van der Waals surface area contributed by atoms with Crippen molar-refractivity contribution in [3.8, 4) is 0 Å². The van der Waals surface area contributed by atoms with Crippen LogP contribution in [0.5, 0.6) is 0 Å². The van der Waals surface area contributed by atoms with Crippen LogP contribution in [-0.4, -0.2) is 50.8 Å². The Labute approximate surface area is 95.2 Å². The zero-order valence-corrected chi connectivity index (χ0v) is 10.9. The van der Waals surface area contributed by atoms with E-state index in [0.29, 0.717) is 6.04 Å². The first-order valence-corrected chi connectivity index (χ1v) is 6.17. The number of unbranched alkanes of at least 4 members (excludes halogenated alkanes) is 1. The van der Waals surface area contributed by atoms with Gasteiger partial charge in [-0.1, -0.05) is 13.3 Å². The van der Waals surface area contributed by atoms with E-state index in [1.54, 1.807) is 0 Å². The third-order valence-corrected chi connectivity index (χ3v) is 2.59. The van der Waals surface area contributed by atoms with E-state index in [1.807, 2.05) is 0 Å². The van der Waals surface area contributed by atoms with Gasteiger partial charge in [-0.05, 0) is 27.3 Å². The van der Waals surface area contributed by atoms with Crippen molar-refractivity contribution >= 4 is 0 Å². The Balaban J connectivity index is 3.05. The van der Waals surface area contributed by atoms with Crippen molar-refractivity contribution in [1.29, 1.82) is 0 Å². The summed E-state index contributed by atoms with van der Waals surface area (Å²) in [5, 5.41) is 3.38. The van der Waals surface area contributed by atoms with Crippen LogP contribution in [0.2, 0.25) is 0 Å². The molecule has 0 amide bonds. The summed E-state index contributed by atoms with van der Waals surface area (Å²) in [5.74, 6) is 0. The number of ether oxygens (including phenoxy) is 1. The highest BCUT2D eigenvalue weighted by Gasteiger charge is 2.00. The third kappa shape index (κ3) is 10.2. The standard InChI is InChI=1S/C12H28N2O/c1-5-6-10-15-11-8-13-7-9-14(4)12(2)3/h12-13H,5-11H2,1-4H3. The lowest BCUT2D eigenvalue weighted by Gasteiger charge is -2.20. The van der Waals surface area contributed by atoms with E-state index in [1.165, 1.54) is 12.8 Å². The lowest BCUT2D eigenvalue weighted by molar-refractivity contribution is 0.132. The van der Waals surface area contributed by atoms with Gasteiger partial charge in [0.15, 0.2) is 0 Å². The van der Waals surface area contributed by atoms with Crippen LogP contribution < -0.4 is 5.32 Å². The second-order valence-corrected chi connectivity index (χ2v) is 4.29. The molecule has 3 nitrogen and oxygen atoms in total. The predicted octanol–water partition coefficient (Wildman–Crippen LogP) is 1.73. The zero-order chi connectivity index (χ0) is 11.5. The molecule has 0 aliphatic carbocycles. The molecule has 0 heterocycles. The molecular formula is C12H28N2O. The molecule has 92 valence electrons. The molecular weight excluding hydrogens is 188 g/mol. The van der Waals surface area contributed by atoms with E-state index in [2.05, 4.69) is 38.0 Å². The van der Waals surface area contributed by atoms with Crippen LogP contribution in [0.3, 0.4) is 0 Å². The van der Waals surface area contributed by atoms with E-state index in [4.69, 9.17) is 4.74 Å². The topological polar surface area (TPSA) is 24.5 Å². The fourth-order valence-corrected chi connectivity index (χ4v) is 1.13. The van der Waals surface area contributed by atoms with Crippen LogP contribution in [0.25, 0.3) is 0 Å². The normalized spacial score (nSPS) is 11.6. The van der Waals surface area contributed by atoms with Crippen molar-refractivity contribution in [1.82, 2.24) is 10.2 Å². The van der Waals surface area contributed by atoms with Gasteiger partial charge in [0.2, 0.25) is 0 Å². The summed E-state index contributed by atoms with van der Waals surface area (Å²) in [6, 6.07) is 0.632. The molecule has 0 rings (SSSR count). The third-order valence-electron chi connectivity index (χ3n) is 2.59. The molecule has 0 bridgehead atoms. The Kier molecular flexibility index (Phi) is 10.3. The van der Waals surface area contributed by atoms with E-state index >= 15 is 0 Å². The molecule has 0 aromatic heterocycles. The first kappa shape index (κ1) is 14.9. The molecule has 0 saturated heterocycles. The van der Waals surface area contributed by atoms with Crippen molar-refractivity contribution in [2.75, 3.05) is 39.9 Å². The fraction of sp³-hybridized carbons (Fsp3) is 1.00. The molecule has 0 saturated carbocycles. The molecule has 15 heavy (non-hydrogen) atoms. The Morgan fingerprint density at radius 1 is 1.20 bits per heavy atom. The van der Waals surface area contributed by atoms with Crippen molar-refractivity contribution in [2.24, 2.45) is 0 Å². The van der Waals surface area contributed by atoms with Gasteiger partial charge in [0.1, 0.15) is 0 Å². The van der Waals surface area contributed by atoms with Gasteiger partial charge in [0.25, 0.3) is 0 Å². The Hall–Kier alpha value is -0.120. The average Bonchev–Trinajstić information content (AvgIpc) is 2.21. The van der Waals surface area contributed by atoms with Crippen molar-refractivity contribution in [3.05, 3.63) is 0 Å². The first-order valence-electron chi connectivity index (χ1n) is 6.17. The molecule has 0 aliphatic heterocycles. The van der Waals surface area contributed by atoms with Gasteiger partial charge in [-0.15, -0.1) is 0 Å². The molecule has 0 unspecified atom stereocenters. The first-order chi connectivity index (χ1) is 7.18. The van der Waals surface area contributed by atoms with Crippen LogP contribution in [-0.2, 0) is 4.74 Å². The number of likely N-dealkylation sites (N-methyl/N-ethyl adjacent to an activating group) is 1. The van der Waals surface area contributed by atoms with Crippen molar-refractivity contribution < 1.29 is 4.74 Å². The zero-order valence-electron chi connectivity index (χ0n) is 10.9. The number of hydrogen-bond donors (Lipinski definition) is 1. The SMILES string of the molecule is CCCCOCCNCCN(C)C(C)C. The van der Waals surface area contributed by atoms with Gasteiger partial charge < -0.3 is 15.0 Å². The second kappa shape index (κ2) is 10.4. The van der Waals surface area contributed by atoms with Gasteiger partial charge in [-0.2, -0.15) is 0 Å². The number of nitrogens with one attached hydrogen (secondary N) is 1. The van der Waals surface area contributed by atoms with Crippen molar-refractivity contribution in [3.63, 3.8) is 0 Å². The monoisotopic (exact) mass is 216 g/mol. The van der Waals surface area contributed by atoms with E-state index in [0.717, 1.165) is 32.8 Å². The quantitative estimate of drug-likeness (QED) is 0.563. The largest absolute Gasteiger partial charge is 0.380 e. The molecule has 0 radical (unpaired) electrons. The van der Waals surface area contributed by atoms with Crippen LogP contribution in [0.1, 0.15) is 33.6 Å². The number of nitrogens with zero attached hydrogens (tertiary/aromatic N) is 1. The summed E-state index contributed by atoms with van der Waals surface area (Å²) in [6.45, 7) is 11.5. The van der Waals surface area contributed by atoms with Gasteiger partial charge in [-0.25, -0.2) is 0 Å². The van der Waals surface area contributed by atoms with Crippen LogP contribution in [0, 0.1) is 0 Å². The molecule has 0 spiro atoms. The maximum atomic E-state index is 5.45. The predicted molar refractivity (Wildman–Crippen MR) is 66.4 cm³/mol. The second-order valence-electron chi connectivity index (χ2n) is 4.29. The fourth-order valence-electron chi connectivity index (χ4n) is 1.13. The molecule has 0 aromatic carbocycles. The summed E-state index contributed by atoms with van der Waals surface area (Å²) in [5.41, 5.74) is 0. The minimum atomic E-state index is 0.632. The smallest absolute Gasteiger partial charge is 0.0590 e. The average molecular weight is 216 g/mol. The van der Waals surface area contributed by atoms with Gasteiger partial charge in [0, 0.05) is 32.3 Å². The molecule has 1 N–H and O–H groups in total. The van der Waals surface area contributed by atoms with Crippen LogP contribution in [0.4, 0.5) is 0 Å².